The van der Waals surface area contributed by atoms with E-state index in [0.717, 1.165) is 0 Å². The van der Waals surface area contributed by atoms with Crippen molar-refractivity contribution in [1.82, 2.24) is 4.98 Å². The van der Waals surface area contributed by atoms with Crippen molar-refractivity contribution in [2.45, 2.75) is 6.92 Å². The lowest BCUT2D eigenvalue weighted by Crippen LogP contribution is -2.26. The van der Waals surface area contributed by atoms with E-state index < -0.39 is 0 Å². The van der Waals surface area contributed by atoms with Gasteiger partial charge in [0.05, 0.1) is 22.6 Å². The van der Waals surface area contributed by atoms with Gasteiger partial charge in [-0.1, -0.05) is 18.2 Å². The van der Waals surface area contributed by atoms with Gasteiger partial charge < -0.3 is 10.2 Å². The summed E-state index contributed by atoms with van der Waals surface area (Å²) in [5.41, 5.74) is 1.79. The van der Waals surface area contributed by atoms with Crippen LogP contribution in [0, 0.1) is 0 Å². The minimum atomic E-state index is -0.350. The van der Waals surface area contributed by atoms with Crippen molar-refractivity contribution in [3.63, 3.8) is 0 Å². The third-order valence-corrected chi connectivity index (χ3v) is 3.52. The Bertz CT molecular complexity index is 760. The van der Waals surface area contributed by atoms with Gasteiger partial charge in [0, 0.05) is 24.4 Å². The van der Waals surface area contributed by atoms with Gasteiger partial charge >= 0.3 is 0 Å². The van der Waals surface area contributed by atoms with Crippen LogP contribution in [0.15, 0.2) is 54.9 Å². The molecular formula is C17H16ClN3O2. The summed E-state index contributed by atoms with van der Waals surface area (Å²) in [5.74, 6) is -0.586. The quantitative estimate of drug-likeness (QED) is 0.873. The van der Waals surface area contributed by atoms with Gasteiger partial charge in [-0.25, -0.2) is 0 Å². The van der Waals surface area contributed by atoms with Crippen LogP contribution < -0.4 is 10.2 Å². The molecule has 0 atom stereocenters. The fourth-order valence-electron chi connectivity index (χ4n) is 1.85. The second-order valence-corrected chi connectivity index (χ2v) is 5.41. The summed E-state index contributed by atoms with van der Waals surface area (Å²) in [6.07, 6.45) is 3.23. The fraction of sp³-hybridized carbons (Fsp3) is 0.118. The molecule has 1 heterocycles. The fourth-order valence-corrected chi connectivity index (χ4v) is 2.01. The zero-order chi connectivity index (χ0) is 17.0. The lowest BCUT2D eigenvalue weighted by atomic mass is 10.1. The van der Waals surface area contributed by atoms with Crippen molar-refractivity contribution in [2.75, 3.05) is 17.3 Å². The van der Waals surface area contributed by atoms with Gasteiger partial charge in [0.15, 0.2) is 0 Å². The van der Waals surface area contributed by atoms with Gasteiger partial charge in [-0.05, 0) is 37.3 Å². The molecule has 23 heavy (non-hydrogen) atoms. The minimum absolute atomic E-state index is 0.236. The van der Waals surface area contributed by atoms with Crippen LogP contribution >= 0.6 is 11.6 Å². The molecule has 2 rings (SSSR count). The first-order chi connectivity index (χ1) is 10.9. The van der Waals surface area contributed by atoms with Gasteiger partial charge in [0.2, 0.25) is 0 Å². The molecule has 1 aromatic carbocycles. The van der Waals surface area contributed by atoms with E-state index >= 15 is 0 Å². The highest BCUT2D eigenvalue weighted by molar-refractivity contribution is 6.34. The molecule has 0 fully saturated rings. The maximum Gasteiger partial charge on any atom is 0.258 e. The first-order valence-corrected chi connectivity index (χ1v) is 7.22. The van der Waals surface area contributed by atoms with Gasteiger partial charge in [0.25, 0.3) is 11.8 Å². The highest BCUT2D eigenvalue weighted by Gasteiger charge is 2.16. The largest absolute Gasteiger partial charge is 0.321 e. The molecule has 0 saturated carbocycles. The number of benzene rings is 1. The monoisotopic (exact) mass is 329 g/mol. The predicted octanol–water partition coefficient (Wildman–Crippen LogP) is 3.53. The number of rotatable bonds is 4. The molecule has 0 aliphatic rings. The third kappa shape index (κ3) is 3.96. The van der Waals surface area contributed by atoms with Gasteiger partial charge in [-0.15, -0.1) is 0 Å². The van der Waals surface area contributed by atoms with Crippen LogP contribution in [0.4, 0.5) is 11.4 Å². The van der Waals surface area contributed by atoms with Crippen molar-refractivity contribution < 1.29 is 9.59 Å². The molecule has 5 nitrogen and oxygen atoms in total. The Morgan fingerprint density at radius 3 is 2.65 bits per heavy atom. The number of hydrogen-bond acceptors (Lipinski definition) is 3. The second-order valence-electron chi connectivity index (χ2n) is 5.00. The van der Waals surface area contributed by atoms with E-state index in [-0.39, 0.29) is 11.8 Å². The average molecular weight is 330 g/mol. The van der Waals surface area contributed by atoms with Gasteiger partial charge in [-0.2, -0.15) is 0 Å². The van der Waals surface area contributed by atoms with E-state index in [1.165, 1.54) is 4.90 Å². The van der Waals surface area contributed by atoms with Crippen LogP contribution in [-0.4, -0.2) is 23.8 Å². The predicted molar refractivity (Wildman–Crippen MR) is 91.9 cm³/mol. The number of aromatic nitrogens is 1. The van der Waals surface area contributed by atoms with E-state index in [1.807, 2.05) is 0 Å². The number of nitrogens with zero attached hydrogens (tertiary/aromatic N) is 2. The Hall–Kier alpha value is -2.66. The molecule has 0 radical (unpaired) electrons. The van der Waals surface area contributed by atoms with Crippen LogP contribution in [0.5, 0.6) is 0 Å². The molecule has 2 amide bonds. The summed E-state index contributed by atoms with van der Waals surface area (Å²) >= 11 is 6.07. The summed E-state index contributed by atoms with van der Waals surface area (Å²) in [6, 6.07) is 8.25. The smallest absolute Gasteiger partial charge is 0.258 e. The molecule has 0 saturated heterocycles. The molecular weight excluding hydrogens is 314 g/mol. The van der Waals surface area contributed by atoms with E-state index in [1.54, 1.807) is 56.7 Å². The van der Waals surface area contributed by atoms with E-state index in [4.69, 9.17) is 11.6 Å². The average Bonchev–Trinajstić information content (AvgIpc) is 2.56. The highest BCUT2D eigenvalue weighted by Crippen LogP contribution is 2.25. The molecule has 0 spiro atoms. The minimum Gasteiger partial charge on any atom is -0.321 e. The Kier molecular flexibility index (Phi) is 5.13. The van der Waals surface area contributed by atoms with Crippen molar-refractivity contribution >= 4 is 34.8 Å². The molecule has 0 bridgehead atoms. The molecule has 0 aliphatic carbocycles. The molecule has 0 aliphatic heterocycles. The lowest BCUT2D eigenvalue weighted by molar-refractivity contribution is -0.112. The molecule has 1 aromatic heterocycles. The maximum atomic E-state index is 12.6. The number of carbonyl (C=O) groups is 2. The van der Waals surface area contributed by atoms with Crippen molar-refractivity contribution in [1.29, 1.82) is 0 Å². The molecule has 6 heteroatoms. The standard InChI is InChI=1S/C17H16ClN3O2/c1-11(2)16(22)20-15-9-12(6-7-14(15)18)17(23)21(3)13-5-4-8-19-10-13/h4-10H,1H2,2-3H3,(H,20,22). The van der Waals surface area contributed by atoms with E-state index in [9.17, 15) is 9.59 Å². The topological polar surface area (TPSA) is 62.3 Å². The summed E-state index contributed by atoms with van der Waals surface area (Å²) in [6.45, 7) is 5.16. The number of halogens is 1. The zero-order valence-corrected chi connectivity index (χ0v) is 13.6. The Balaban J connectivity index is 2.28. The number of anilines is 2. The van der Waals surface area contributed by atoms with Crippen LogP contribution in [0.2, 0.25) is 5.02 Å². The lowest BCUT2D eigenvalue weighted by Gasteiger charge is -2.17. The molecule has 118 valence electrons. The van der Waals surface area contributed by atoms with Crippen molar-refractivity contribution in [2.24, 2.45) is 0 Å². The van der Waals surface area contributed by atoms with E-state index in [0.29, 0.717) is 27.5 Å². The van der Waals surface area contributed by atoms with Crippen LogP contribution in [0.3, 0.4) is 0 Å². The summed E-state index contributed by atoms with van der Waals surface area (Å²) in [4.78, 5) is 29.7. The summed E-state index contributed by atoms with van der Waals surface area (Å²) < 4.78 is 0. The number of nitrogens with one attached hydrogen (secondary N) is 1. The normalized spacial score (nSPS) is 10.0. The first kappa shape index (κ1) is 16.7. The Morgan fingerprint density at radius 1 is 1.30 bits per heavy atom. The van der Waals surface area contributed by atoms with Crippen LogP contribution in [-0.2, 0) is 4.79 Å². The Labute approximate surface area is 139 Å². The molecule has 2 aromatic rings. The zero-order valence-electron chi connectivity index (χ0n) is 12.8. The Morgan fingerprint density at radius 2 is 2.04 bits per heavy atom. The van der Waals surface area contributed by atoms with Crippen molar-refractivity contribution in [3.05, 3.63) is 65.5 Å². The molecule has 0 unspecified atom stereocenters. The van der Waals surface area contributed by atoms with Crippen LogP contribution in [0.25, 0.3) is 0 Å². The van der Waals surface area contributed by atoms with Gasteiger partial charge in [-0.3, -0.25) is 14.6 Å². The SMILES string of the molecule is C=C(C)C(=O)Nc1cc(C(=O)N(C)c2cccnc2)ccc1Cl. The second kappa shape index (κ2) is 7.07. The third-order valence-electron chi connectivity index (χ3n) is 3.19. The number of hydrogen-bond donors (Lipinski definition) is 1. The van der Waals surface area contributed by atoms with Crippen LogP contribution in [0.1, 0.15) is 17.3 Å². The summed E-state index contributed by atoms with van der Waals surface area (Å²) in [5, 5.41) is 2.98. The highest BCUT2D eigenvalue weighted by atomic mass is 35.5. The number of carbonyl (C=O) groups excluding carboxylic acids is 2. The summed E-state index contributed by atoms with van der Waals surface area (Å²) in [7, 11) is 1.65. The first-order valence-electron chi connectivity index (χ1n) is 6.84. The maximum absolute atomic E-state index is 12.6. The number of pyridine rings is 1. The molecule has 1 N–H and O–H groups in total. The number of amides is 2. The van der Waals surface area contributed by atoms with Gasteiger partial charge in [0.1, 0.15) is 0 Å². The van der Waals surface area contributed by atoms with Crippen molar-refractivity contribution in [3.8, 4) is 0 Å². The van der Waals surface area contributed by atoms with E-state index in [2.05, 4.69) is 16.9 Å².